The number of rotatable bonds is 6. The Balaban J connectivity index is 1.65. The van der Waals surface area contributed by atoms with Crippen molar-refractivity contribution in [3.05, 3.63) is 104 Å². The van der Waals surface area contributed by atoms with Crippen LogP contribution >= 0.6 is 23.2 Å². The quantitative estimate of drug-likeness (QED) is 0.377. The zero-order valence-electron chi connectivity index (χ0n) is 16.1. The zero-order chi connectivity index (χ0) is 22.0. The van der Waals surface area contributed by atoms with E-state index < -0.39 is 23.3 Å². The third kappa shape index (κ3) is 4.71. The molecule has 8 heteroatoms. The first-order valence-corrected chi connectivity index (χ1v) is 10.2. The zero-order valence-corrected chi connectivity index (χ0v) is 17.6. The number of aromatic amines is 2. The lowest BCUT2D eigenvalue weighted by molar-refractivity contribution is 0.0854. The van der Waals surface area contributed by atoms with Gasteiger partial charge in [0.15, 0.2) is 5.78 Å². The SMILES string of the molecule is O=C(N[C@@H](Cc1ccccc1Cl)C(=O)c1cc[nH]c(=O)c1)c1cc2cc(Cl)ccc2[nH]1. The third-order valence-electron chi connectivity index (χ3n) is 4.89. The molecule has 0 saturated carbocycles. The number of hydrogen-bond donors (Lipinski definition) is 3. The van der Waals surface area contributed by atoms with E-state index in [1.54, 1.807) is 48.5 Å². The van der Waals surface area contributed by atoms with E-state index >= 15 is 0 Å². The second-order valence-electron chi connectivity index (χ2n) is 7.04. The van der Waals surface area contributed by atoms with Gasteiger partial charge in [-0.3, -0.25) is 14.4 Å². The highest BCUT2D eigenvalue weighted by Gasteiger charge is 2.25. The van der Waals surface area contributed by atoms with Crippen molar-refractivity contribution in [2.24, 2.45) is 0 Å². The van der Waals surface area contributed by atoms with E-state index in [1.165, 1.54) is 18.3 Å². The van der Waals surface area contributed by atoms with E-state index in [0.717, 1.165) is 10.9 Å². The minimum atomic E-state index is -0.927. The number of pyridine rings is 1. The van der Waals surface area contributed by atoms with Gasteiger partial charge in [0.2, 0.25) is 5.56 Å². The number of nitrogens with one attached hydrogen (secondary N) is 3. The highest BCUT2D eigenvalue weighted by molar-refractivity contribution is 6.31. The van der Waals surface area contributed by atoms with Crippen LogP contribution in [0.25, 0.3) is 10.9 Å². The number of amides is 1. The van der Waals surface area contributed by atoms with Gasteiger partial charge in [-0.1, -0.05) is 41.4 Å². The van der Waals surface area contributed by atoms with Crippen molar-refractivity contribution in [2.75, 3.05) is 0 Å². The van der Waals surface area contributed by atoms with Gasteiger partial charge < -0.3 is 15.3 Å². The number of ketones is 1. The molecule has 31 heavy (non-hydrogen) atoms. The molecule has 0 bridgehead atoms. The standard InChI is InChI=1S/C23H17Cl2N3O3/c24-16-5-6-18-15(9-16)11-20(27-18)23(31)28-19(10-13-3-1-2-4-17(13)25)22(30)14-7-8-26-21(29)12-14/h1-9,11-12,19,27H,10H2,(H,26,29)(H,28,31)/t19-/m0/s1. The number of aromatic nitrogens is 2. The van der Waals surface area contributed by atoms with Gasteiger partial charge >= 0.3 is 0 Å². The topological polar surface area (TPSA) is 94.8 Å². The van der Waals surface area contributed by atoms with E-state index in [9.17, 15) is 14.4 Å². The fourth-order valence-corrected chi connectivity index (χ4v) is 3.75. The Morgan fingerprint density at radius 3 is 2.58 bits per heavy atom. The van der Waals surface area contributed by atoms with Gasteiger partial charge in [0, 0.05) is 45.2 Å². The van der Waals surface area contributed by atoms with Gasteiger partial charge in [-0.25, -0.2) is 0 Å². The molecular formula is C23H17Cl2N3O3. The molecule has 1 amide bonds. The molecule has 0 aliphatic heterocycles. The number of hydrogen-bond acceptors (Lipinski definition) is 3. The second-order valence-corrected chi connectivity index (χ2v) is 7.89. The predicted octanol–water partition coefficient (Wildman–Crippen LogP) is 4.39. The highest BCUT2D eigenvalue weighted by atomic mass is 35.5. The molecule has 2 heterocycles. The smallest absolute Gasteiger partial charge is 0.268 e. The molecule has 4 rings (SSSR count). The van der Waals surface area contributed by atoms with Gasteiger partial charge in [0.05, 0.1) is 6.04 Å². The Kier molecular flexibility index (Phi) is 5.93. The van der Waals surface area contributed by atoms with Gasteiger partial charge in [-0.05, 0) is 42.0 Å². The molecule has 3 N–H and O–H groups in total. The molecule has 156 valence electrons. The Morgan fingerprint density at radius 1 is 1.00 bits per heavy atom. The van der Waals surface area contributed by atoms with Crippen molar-refractivity contribution >= 4 is 45.8 Å². The number of H-pyrrole nitrogens is 2. The number of halogens is 2. The van der Waals surface area contributed by atoms with Crippen molar-refractivity contribution in [1.29, 1.82) is 0 Å². The van der Waals surface area contributed by atoms with Crippen LogP contribution in [0.2, 0.25) is 10.0 Å². The lowest BCUT2D eigenvalue weighted by atomic mass is 9.98. The van der Waals surface area contributed by atoms with Crippen molar-refractivity contribution in [1.82, 2.24) is 15.3 Å². The molecule has 2 aromatic heterocycles. The van der Waals surface area contributed by atoms with E-state index in [1.807, 2.05) is 0 Å². The molecule has 0 spiro atoms. The number of carbonyl (C=O) groups excluding carboxylic acids is 2. The van der Waals surface area contributed by atoms with Crippen molar-refractivity contribution in [3.63, 3.8) is 0 Å². The van der Waals surface area contributed by atoms with Crippen molar-refractivity contribution in [2.45, 2.75) is 12.5 Å². The van der Waals surface area contributed by atoms with E-state index in [0.29, 0.717) is 21.3 Å². The molecule has 4 aromatic rings. The predicted molar refractivity (Wildman–Crippen MR) is 121 cm³/mol. The number of fused-ring (bicyclic) bond motifs is 1. The van der Waals surface area contributed by atoms with Crippen LogP contribution in [-0.2, 0) is 6.42 Å². The lowest BCUT2D eigenvalue weighted by Gasteiger charge is -2.18. The minimum absolute atomic E-state index is 0.170. The summed E-state index contributed by atoms with van der Waals surface area (Å²) in [5, 5.41) is 4.60. The molecule has 0 unspecified atom stereocenters. The first kappa shape index (κ1) is 20.9. The van der Waals surface area contributed by atoms with E-state index in [2.05, 4.69) is 15.3 Å². The summed E-state index contributed by atoms with van der Waals surface area (Å²) in [5.41, 5.74) is 1.54. The Bertz CT molecular complexity index is 1340. The Hall–Kier alpha value is -3.35. The van der Waals surface area contributed by atoms with Crippen LogP contribution in [0.4, 0.5) is 0 Å². The normalized spacial score (nSPS) is 11.9. The monoisotopic (exact) mass is 453 g/mol. The minimum Gasteiger partial charge on any atom is -0.351 e. The highest BCUT2D eigenvalue weighted by Crippen LogP contribution is 2.21. The maximum absolute atomic E-state index is 13.2. The maximum Gasteiger partial charge on any atom is 0.268 e. The van der Waals surface area contributed by atoms with Crippen LogP contribution in [0.3, 0.4) is 0 Å². The van der Waals surface area contributed by atoms with Crippen LogP contribution in [0, 0.1) is 0 Å². The first-order valence-electron chi connectivity index (χ1n) is 9.46. The van der Waals surface area contributed by atoms with E-state index in [-0.39, 0.29) is 12.0 Å². The van der Waals surface area contributed by atoms with Crippen LogP contribution in [-0.4, -0.2) is 27.7 Å². The average molecular weight is 454 g/mol. The molecule has 0 fully saturated rings. The summed E-state index contributed by atoms with van der Waals surface area (Å²) in [7, 11) is 0. The molecule has 0 radical (unpaired) electrons. The van der Waals surface area contributed by atoms with Crippen molar-refractivity contribution < 1.29 is 9.59 Å². The summed E-state index contributed by atoms with van der Waals surface area (Å²) >= 11 is 12.3. The van der Waals surface area contributed by atoms with E-state index in [4.69, 9.17) is 23.2 Å². The third-order valence-corrected chi connectivity index (χ3v) is 5.49. The van der Waals surface area contributed by atoms with Gasteiger partial charge in [0.1, 0.15) is 5.69 Å². The molecule has 0 aliphatic rings. The Labute approximate surface area is 187 Å². The number of Topliss-reactive ketones (excluding diaryl/α,β-unsaturated/α-hetero) is 1. The summed E-state index contributed by atoms with van der Waals surface area (Å²) in [6, 6.07) is 15.8. The summed E-state index contributed by atoms with van der Waals surface area (Å²) < 4.78 is 0. The fourth-order valence-electron chi connectivity index (χ4n) is 3.35. The lowest BCUT2D eigenvalue weighted by Crippen LogP contribution is -2.43. The van der Waals surface area contributed by atoms with Gasteiger partial charge in [0.25, 0.3) is 5.91 Å². The van der Waals surface area contributed by atoms with Crippen LogP contribution in [0.15, 0.2) is 71.7 Å². The fraction of sp³-hybridized carbons (Fsp3) is 0.0870. The van der Waals surface area contributed by atoms with Crippen LogP contribution < -0.4 is 10.9 Å². The first-order chi connectivity index (χ1) is 14.9. The summed E-state index contributed by atoms with van der Waals surface area (Å²) in [6.07, 6.45) is 1.56. The summed E-state index contributed by atoms with van der Waals surface area (Å²) in [6.45, 7) is 0. The molecular weight excluding hydrogens is 437 g/mol. The van der Waals surface area contributed by atoms with Crippen LogP contribution in [0.1, 0.15) is 26.4 Å². The van der Waals surface area contributed by atoms with Gasteiger partial charge in [-0.15, -0.1) is 0 Å². The molecule has 2 aromatic carbocycles. The number of carbonyl (C=O) groups is 2. The largest absolute Gasteiger partial charge is 0.351 e. The average Bonchev–Trinajstić information content (AvgIpc) is 3.17. The van der Waals surface area contributed by atoms with Crippen molar-refractivity contribution in [3.8, 4) is 0 Å². The van der Waals surface area contributed by atoms with Crippen LogP contribution in [0.5, 0.6) is 0 Å². The summed E-state index contributed by atoms with van der Waals surface area (Å²) in [5.74, 6) is -0.846. The van der Waals surface area contributed by atoms with Gasteiger partial charge in [-0.2, -0.15) is 0 Å². The molecule has 0 saturated heterocycles. The molecule has 0 aliphatic carbocycles. The second kappa shape index (κ2) is 8.79. The maximum atomic E-state index is 13.2. The summed E-state index contributed by atoms with van der Waals surface area (Å²) in [4.78, 5) is 43.3. The molecule has 6 nitrogen and oxygen atoms in total. The Morgan fingerprint density at radius 2 is 1.81 bits per heavy atom. The number of benzene rings is 2. The molecule has 1 atom stereocenters.